The molecular weight excluding hydrogens is 275 g/mol. The molecule has 2 rings (SSSR count). The van der Waals surface area contributed by atoms with Gasteiger partial charge >= 0.3 is 0 Å². The summed E-state index contributed by atoms with van der Waals surface area (Å²) in [6.45, 7) is 1.61. The van der Waals surface area contributed by atoms with Crippen LogP contribution in [0.4, 0.5) is 4.39 Å². The Kier molecular flexibility index (Phi) is 4.92. The van der Waals surface area contributed by atoms with Crippen molar-refractivity contribution in [3.05, 3.63) is 35.6 Å². The fraction of sp³-hybridized carbons (Fsp3) is 0.533. The molecule has 0 spiro atoms. The van der Waals surface area contributed by atoms with Crippen molar-refractivity contribution >= 4 is 5.91 Å². The Morgan fingerprint density at radius 3 is 2.76 bits per heavy atom. The van der Waals surface area contributed by atoms with E-state index in [4.69, 9.17) is 0 Å². The summed E-state index contributed by atoms with van der Waals surface area (Å²) in [6, 6.07) is 5.28. The Hall–Kier alpha value is -1.50. The topological polar surface area (TPSA) is 72.8 Å². The fourth-order valence-corrected chi connectivity index (χ4v) is 2.39. The quantitative estimate of drug-likeness (QED) is 0.753. The van der Waals surface area contributed by atoms with Crippen molar-refractivity contribution in [2.24, 2.45) is 0 Å². The summed E-state index contributed by atoms with van der Waals surface area (Å²) in [7, 11) is 1.98. The monoisotopic (exact) mass is 296 g/mol. The lowest BCUT2D eigenvalue weighted by molar-refractivity contribution is -0.131. The van der Waals surface area contributed by atoms with Crippen molar-refractivity contribution in [2.75, 3.05) is 26.7 Å². The van der Waals surface area contributed by atoms with Crippen LogP contribution in [0.15, 0.2) is 24.3 Å². The maximum absolute atomic E-state index is 13.1. The molecule has 0 radical (unpaired) electrons. The van der Waals surface area contributed by atoms with E-state index < -0.39 is 23.4 Å². The highest BCUT2D eigenvalue weighted by atomic mass is 19.1. The zero-order valence-electron chi connectivity index (χ0n) is 12.1. The molecule has 1 aliphatic rings. The molecule has 0 aliphatic carbocycles. The second-order valence-corrected chi connectivity index (χ2v) is 5.70. The number of rotatable bonds is 4. The van der Waals surface area contributed by atoms with E-state index in [9.17, 15) is 19.4 Å². The summed E-state index contributed by atoms with van der Waals surface area (Å²) in [5.74, 6) is -1.14. The second kappa shape index (κ2) is 6.51. The molecule has 0 saturated carbocycles. The molecule has 1 aromatic rings. The number of benzene rings is 1. The molecule has 1 atom stereocenters. The van der Waals surface area contributed by atoms with Crippen LogP contribution in [-0.2, 0) is 4.79 Å². The van der Waals surface area contributed by atoms with Crippen LogP contribution in [0, 0.1) is 5.82 Å². The van der Waals surface area contributed by atoms with Crippen LogP contribution in [0.1, 0.15) is 24.5 Å². The number of aliphatic hydroxyl groups is 2. The normalized spacial score (nSPS) is 20.0. The van der Waals surface area contributed by atoms with Gasteiger partial charge in [0.1, 0.15) is 5.82 Å². The van der Waals surface area contributed by atoms with Gasteiger partial charge in [-0.1, -0.05) is 12.1 Å². The molecule has 6 heteroatoms. The molecule has 0 bridgehead atoms. The summed E-state index contributed by atoms with van der Waals surface area (Å²) in [5, 5.41) is 22.8. The Morgan fingerprint density at radius 2 is 2.14 bits per heavy atom. The van der Waals surface area contributed by atoms with Gasteiger partial charge in [0.15, 0.2) is 6.10 Å². The zero-order chi connectivity index (χ0) is 15.5. The molecule has 1 saturated heterocycles. The SMILES string of the molecule is CN1CCC(O)(CNC(=O)[C@@H](O)c2cccc(F)c2)CC1. The van der Waals surface area contributed by atoms with Gasteiger partial charge in [-0.05, 0) is 37.6 Å². The molecular formula is C15H21FN2O3. The van der Waals surface area contributed by atoms with Gasteiger partial charge in [-0.25, -0.2) is 4.39 Å². The molecule has 1 heterocycles. The third-order valence-corrected chi connectivity index (χ3v) is 3.92. The average Bonchev–Trinajstić information content (AvgIpc) is 2.47. The maximum Gasteiger partial charge on any atom is 0.253 e. The van der Waals surface area contributed by atoms with Crippen molar-refractivity contribution in [3.8, 4) is 0 Å². The van der Waals surface area contributed by atoms with Crippen molar-refractivity contribution in [1.29, 1.82) is 0 Å². The van der Waals surface area contributed by atoms with Crippen molar-refractivity contribution in [2.45, 2.75) is 24.5 Å². The summed E-state index contributed by atoms with van der Waals surface area (Å²) >= 11 is 0. The van der Waals surface area contributed by atoms with Crippen LogP contribution >= 0.6 is 0 Å². The highest BCUT2D eigenvalue weighted by molar-refractivity contribution is 5.81. The minimum absolute atomic E-state index is 0.0893. The number of aliphatic hydroxyl groups excluding tert-OH is 1. The highest BCUT2D eigenvalue weighted by Gasteiger charge is 2.32. The summed E-state index contributed by atoms with van der Waals surface area (Å²) in [6.07, 6.45) is -0.296. The molecule has 3 N–H and O–H groups in total. The standard InChI is InChI=1S/C15H21FN2O3/c1-18-7-5-15(21,6-8-18)10-17-14(20)13(19)11-3-2-4-12(16)9-11/h2-4,9,13,19,21H,5-8,10H2,1H3,(H,17,20)/t13-/m0/s1. The van der Waals surface area contributed by atoms with Gasteiger partial charge in [0, 0.05) is 19.6 Å². The number of nitrogens with zero attached hydrogens (tertiary/aromatic N) is 1. The number of hydrogen-bond donors (Lipinski definition) is 3. The number of halogens is 1. The van der Waals surface area contributed by atoms with Gasteiger partial charge in [-0.15, -0.1) is 0 Å². The number of carbonyl (C=O) groups is 1. The highest BCUT2D eigenvalue weighted by Crippen LogP contribution is 2.21. The van der Waals surface area contributed by atoms with Gasteiger partial charge in [-0.2, -0.15) is 0 Å². The van der Waals surface area contributed by atoms with E-state index in [-0.39, 0.29) is 12.1 Å². The molecule has 116 valence electrons. The minimum Gasteiger partial charge on any atom is -0.388 e. The lowest BCUT2D eigenvalue weighted by Gasteiger charge is -2.36. The number of carbonyl (C=O) groups excluding carboxylic acids is 1. The number of piperidine rings is 1. The zero-order valence-corrected chi connectivity index (χ0v) is 12.1. The largest absolute Gasteiger partial charge is 0.388 e. The number of amides is 1. The second-order valence-electron chi connectivity index (χ2n) is 5.70. The average molecular weight is 296 g/mol. The third kappa shape index (κ3) is 4.23. The minimum atomic E-state index is -1.43. The smallest absolute Gasteiger partial charge is 0.253 e. The van der Waals surface area contributed by atoms with Gasteiger partial charge in [0.25, 0.3) is 5.91 Å². The lowest BCUT2D eigenvalue weighted by Crippen LogP contribution is -2.50. The first-order valence-corrected chi connectivity index (χ1v) is 7.02. The van der Waals surface area contributed by atoms with E-state index in [1.807, 2.05) is 7.05 Å². The first-order chi connectivity index (χ1) is 9.89. The van der Waals surface area contributed by atoms with Gasteiger partial charge in [-0.3, -0.25) is 4.79 Å². The van der Waals surface area contributed by atoms with E-state index in [0.29, 0.717) is 12.8 Å². The Bertz CT molecular complexity index is 501. The summed E-state index contributed by atoms with van der Waals surface area (Å²) in [5.41, 5.74) is -0.744. The summed E-state index contributed by atoms with van der Waals surface area (Å²) in [4.78, 5) is 14.0. The molecule has 5 nitrogen and oxygen atoms in total. The fourth-order valence-electron chi connectivity index (χ4n) is 2.39. The Labute approximate surface area is 123 Å². The molecule has 1 amide bonds. The summed E-state index contributed by atoms with van der Waals surface area (Å²) < 4.78 is 13.1. The van der Waals surface area contributed by atoms with Crippen LogP contribution < -0.4 is 5.32 Å². The van der Waals surface area contributed by atoms with Gasteiger partial charge in [0.05, 0.1) is 5.60 Å². The van der Waals surface area contributed by atoms with Crippen LogP contribution in [0.25, 0.3) is 0 Å². The molecule has 0 unspecified atom stereocenters. The molecule has 0 aromatic heterocycles. The molecule has 1 fully saturated rings. The Morgan fingerprint density at radius 1 is 1.48 bits per heavy atom. The van der Waals surface area contributed by atoms with E-state index in [0.717, 1.165) is 19.2 Å². The van der Waals surface area contributed by atoms with E-state index in [2.05, 4.69) is 10.2 Å². The number of hydrogen-bond acceptors (Lipinski definition) is 4. The van der Waals surface area contributed by atoms with Crippen LogP contribution in [-0.4, -0.2) is 53.3 Å². The predicted molar refractivity (Wildman–Crippen MR) is 76.1 cm³/mol. The van der Waals surface area contributed by atoms with Crippen LogP contribution in [0.5, 0.6) is 0 Å². The van der Waals surface area contributed by atoms with Crippen LogP contribution in [0.3, 0.4) is 0 Å². The van der Waals surface area contributed by atoms with Crippen molar-refractivity contribution in [3.63, 3.8) is 0 Å². The van der Waals surface area contributed by atoms with Gasteiger partial charge in [0.2, 0.25) is 0 Å². The van der Waals surface area contributed by atoms with E-state index in [1.165, 1.54) is 18.2 Å². The van der Waals surface area contributed by atoms with E-state index in [1.54, 1.807) is 0 Å². The lowest BCUT2D eigenvalue weighted by atomic mass is 9.91. The number of nitrogens with one attached hydrogen (secondary N) is 1. The van der Waals surface area contributed by atoms with Crippen molar-refractivity contribution in [1.82, 2.24) is 10.2 Å². The van der Waals surface area contributed by atoms with Gasteiger partial charge < -0.3 is 20.4 Å². The first-order valence-electron chi connectivity index (χ1n) is 7.02. The molecule has 1 aliphatic heterocycles. The van der Waals surface area contributed by atoms with E-state index >= 15 is 0 Å². The molecule has 21 heavy (non-hydrogen) atoms. The van der Waals surface area contributed by atoms with Crippen molar-refractivity contribution < 1.29 is 19.4 Å². The molecule has 1 aromatic carbocycles. The first kappa shape index (κ1) is 15.9. The number of likely N-dealkylation sites (tertiary alicyclic amines) is 1. The third-order valence-electron chi connectivity index (χ3n) is 3.92. The maximum atomic E-state index is 13.1. The Balaban J connectivity index is 1.89. The predicted octanol–water partition coefficient (Wildman–Crippen LogP) is 0.432. The van der Waals surface area contributed by atoms with Crippen LogP contribution in [0.2, 0.25) is 0 Å².